The molecule has 3 aromatic rings. The number of carbonyl (C=O) groups excluding carboxylic acids is 1. The SMILES string of the molecule is Cc1ccc(COc2ccc3c(c2)OC(=CC2=Cc4ccccc4OC2C)C3=O)cc1. The largest absolute Gasteiger partial charge is 0.489 e. The summed E-state index contributed by atoms with van der Waals surface area (Å²) >= 11 is 0. The lowest BCUT2D eigenvalue weighted by Gasteiger charge is -2.22. The first-order valence-corrected chi connectivity index (χ1v) is 10.3. The monoisotopic (exact) mass is 410 g/mol. The van der Waals surface area contributed by atoms with Gasteiger partial charge < -0.3 is 14.2 Å². The molecule has 0 spiro atoms. The van der Waals surface area contributed by atoms with E-state index in [-0.39, 0.29) is 11.9 Å². The number of Topliss-reactive ketones (excluding diaryl/α,β-unsaturated/α-hetero) is 1. The van der Waals surface area contributed by atoms with E-state index < -0.39 is 0 Å². The molecule has 2 aliphatic rings. The molecular weight excluding hydrogens is 388 g/mol. The van der Waals surface area contributed by atoms with Crippen molar-refractivity contribution in [2.24, 2.45) is 0 Å². The van der Waals surface area contributed by atoms with Gasteiger partial charge in [-0.15, -0.1) is 0 Å². The van der Waals surface area contributed by atoms with Crippen LogP contribution in [0.3, 0.4) is 0 Å². The molecule has 31 heavy (non-hydrogen) atoms. The van der Waals surface area contributed by atoms with E-state index in [1.54, 1.807) is 24.3 Å². The molecule has 0 aliphatic carbocycles. The van der Waals surface area contributed by atoms with Crippen LogP contribution in [0.4, 0.5) is 0 Å². The molecule has 0 amide bonds. The van der Waals surface area contributed by atoms with Crippen molar-refractivity contribution in [3.63, 3.8) is 0 Å². The number of hydrogen-bond acceptors (Lipinski definition) is 4. The molecule has 3 aromatic carbocycles. The highest BCUT2D eigenvalue weighted by atomic mass is 16.5. The fraction of sp³-hybridized carbons (Fsp3) is 0.148. The minimum atomic E-state index is -0.170. The molecule has 154 valence electrons. The third-order valence-corrected chi connectivity index (χ3v) is 5.48. The van der Waals surface area contributed by atoms with Crippen molar-refractivity contribution in [3.8, 4) is 17.2 Å². The Morgan fingerprint density at radius 1 is 1.00 bits per heavy atom. The van der Waals surface area contributed by atoms with E-state index in [0.717, 1.165) is 22.4 Å². The first-order valence-electron chi connectivity index (χ1n) is 10.3. The quantitative estimate of drug-likeness (QED) is 0.503. The number of aryl methyl sites for hydroxylation is 1. The summed E-state index contributed by atoms with van der Waals surface area (Å²) in [6.07, 6.45) is 3.64. The molecular formula is C27H22O4. The second-order valence-corrected chi connectivity index (χ2v) is 7.81. The molecule has 1 atom stereocenters. The summed E-state index contributed by atoms with van der Waals surface area (Å²) in [5.74, 6) is 2.19. The lowest BCUT2D eigenvalue weighted by Crippen LogP contribution is -2.18. The van der Waals surface area contributed by atoms with Gasteiger partial charge in [0.2, 0.25) is 5.78 Å². The maximum atomic E-state index is 12.8. The molecule has 5 rings (SSSR count). The minimum Gasteiger partial charge on any atom is -0.489 e. The summed E-state index contributed by atoms with van der Waals surface area (Å²) in [7, 11) is 0. The molecule has 0 saturated heterocycles. The number of hydrogen-bond donors (Lipinski definition) is 0. The van der Waals surface area contributed by atoms with Crippen molar-refractivity contribution in [2.45, 2.75) is 26.6 Å². The van der Waals surface area contributed by atoms with E-state index in [1.165, 1.54) is 5.56 Å². The fourth-order valence-corrected chi connectivity index (χ4v) is 3.68. The maximum Gasteiger partial charge on any atom is 0.231 e. The number of fused-ring (bicyclic) bond motifs is 2. The number of carbonyl (C=O) groups is 1. The molecule has 2 aliphatic heterocycles. The van der Waals surface area contributed by atoms with Crippen molar-refractivity contribution in [1.29, 1.82) is 0 Å². The van der Waals surface area contributed by atoms with Gasteiger partial charge in [0.05, 0.1) is 5.56 Å². The summed E-state index contributed by atoms with van der Waals surface area (Å²) in [6, 6.07) is 21.4. The van der Waals surface area contributed by atoms with Crippen molar-refractivity contribution < 1.29 is 19.0 Å². The summed E-state index contributed by atoms with van der Waals surface area (Å²) in [5, 5.41) is 0. The lowest BCUT2D eigenvalue weighted by molar-refractivity contribution is 0.101. The van der Waals surface area contributed by atoms with E-state index in [0.29, 0.717) is 29.4 Å². The Labute approximate surface area is 181 Å². The van der Waals surface area contributed by atoms with Gasteiger partial charge in [-0.05, 0) is 55.3 Å². The highest BCUT2D eigenvalue weighted by Crippen LogP contribution is 2.36. The molecule has 0 aromatic heterocycles. The van der Waals surface area contributed by atoms with E-state index >= 15 is 0 Å². The molecule has 0 bridgehead atoms. The van der Waals surface area contributed by atoms with E-state index in [9.17, 15) is 4.79 Å². The molecule has 0 fully saturated rings. The normalized spacial score (nSPS) is 18.0. The van der Waals surface area contributed by atoms with Crippen LogP contribution in [0, 0.1) is 6.92 Å². The van der Waals surface area contributed by atoms with Crippen LogP contribution in [0.2, 0.25) is 0 Å². The van der Waals surface area contributed by atoms with E-state index in [4.69, 9.17) is 14.2 Å². The van der Waals surface area contributed by atoms with E-state index in [2.05, 4.69) is 19.1 Å². The van der Waals surface area contributed by atoms with E-state index in [1.807, 2.05) is 49.4 Å². The Balaban J connectivity index is 1.35. The Kier molecular flexibility index (Phi) is 4.83. The van der Waals surface area contributed by atoms with Gasteiger partial charge in [-0.1, -0.05) is 48.0 Å². The molecule has 0 N–H and O–H groups in total. The third kappa shape index (κ3) is 3.84. The van der Waals surface area contributed by atoms with Gasteiger partial charge >= 0.3 is 0 Å². The number of allylic oxidation sites excluding steroid dienone is 1. The zero-order valence-electron chi connectivity index (χ0n) is 17.4. The second kappa shape index (κ2) is 7.80. The van der Waals surface area contributed by atoms with Gasteiger partial charge in [-0.3, -0.25) is 4.79 Å². The Bertz CT molecular complexity index is 1220. The van der Waals surface area contributed by atoms with Crippen LogP contribution in [0.5, 0.6) is 17.2 Å². The predicted molar refractivity (Wildman–Crippen MR) is 120 cm³/mol. The van der Waals surface area contributed by atoms with Crippen LogP contribution < -0.4 is 14.2 Å². The highest BCUT2D eigenvalue weighted by molar-refractivity contribution is 6.12. The maximum absolute atomic E-state index is 12.8. The highest BCUT2D eigenvalue weighted by Gasteiger charge is 2.29. The van der Waals surface area contributed by atoms with Crippen LogP contribution in [-0.2, 0) is 6.61 Å². The van der Waals surface area contributed by atoms with Gasteiger partial charge in [0.1, 0.15) is 30.0 Å². The topological polar surface area (TPSA) is 44.8 Å². The summed E-state index contributed by atoms with van der Waals surface area (Å²) < 4.78 is 17.8. The Morgan fingerprint density at radius 2 is 1.81 bits per heavy atom. The minimum absolute atomic E-state index is 0.132. The Hall–Kier alpha value is -3.79. The first-order chi connectivity index (χ1) is 15.1. The molecule has 4 nitrogen and oxygen atoms in total. The third-order valence-electron chi connectivity index (χ3n) is 5.48. The average Bonchev–Trinajstić information content (AvgIpc) is 3.08. The van der Waals surface area contributed by atoms with Gasteiger partial charge in [-0.25, -0.2) is 0 Å². The lowest BCUT2D eigenvalue weighted by atomic mass is 10.0. The second-order valence-electron chi connectivity index (χ2n) is 7.81. The molecule has 4 heteroatoms. The van der Waals surface area contributed by atoms with Crippen molar-refractivity contribution >= 4 is 11.9 Å². The fourth-order valence-electron chi connectivity index (χ4n) is 3.68. The van der Waals surface area contributed by atoms with Gasteiger partial charge in [0, 0.05) is 11.6 Å². The standard InChI is InChI=1S/C27H22O4/c1-17-7-9-19(10-8-17)16-29-22-11-12-23-25(15-22)31-26(27(23)28)14-21-13-20-5-3-4-6-24(20)30-18(21)2/h3-15,18H,16H2,1-2H3. The van der Waals surface area contributed by atoms with Crippen molar-refractivity contribution in [3.05, 3.63) is 106 Å². The molecule has 0 saturated carbocycles. The van der Waals surface area contributed by atoms with Crippen LogP contribution in [-0.4, -0.2) is 11.9 Å². The first kappa shape index (κ1) is 19.2. The van der Waals surface area contributed by atoms with Crippen molar-refractivity contribution in [1.82, 2.24) is 0 Å². The van der Waals surface area contributed by atoms with Gasteiger partial charge in [-0.2, -0.15) is 0 Å². The Morgan fingerprint density at radius 3 is 2.65 bits per heavy atom. The zero-order chi connectivity index (χ0) is 21.4. The van der Waals surface area contributed by atoms with Gasteiger partial charge in [0.15, 0.2) is 5.76 Å². The predicted octanol–water partition coefficient (Wildman–Crippen LogP) is 5.90. The number of para-hydroxylation sites is 1. The summed E-state index contributed by atoms with van der Waals surface area (Å²) in [6.45, 7) is 4.47. The molecule has 1 unspecified atom stereocenters. The van der Waals surface area contributed by atoms with Gasteiger partial charge in [0.25, 0.3) is 0 Å². The number of benzene rings is 3. The molecule has 2 heterocycles. The van der Waals surface area contributed by atoms with Crippen LogP contribution in [0.15, 0.2) is 84.1 Å². The summed E-state index contributed by atoms with van der Waals surface area (Å²) in [4.78, 5) is 12.8. The van der Waals surface area contributed by atoms with Crippen LogP contribution in [0.1, 0.15) is 34.0 Å². The molecule has 0 radical (unpaired) electrons. The zero-order valence-corrected chi connectivity index (χ0v) is 17.4. The number of ether oxygens (including phenoxy) is 3. The van der Waals surface area contributed by atoms with Crippen LogP contribution in [0.25, 0.3) is 6.08 Å². The summed E-state index contributed by atoms with van der Waals surface area (Å²) in [5.41, 5.74) is 4.72. The smallest absolute Gasteiger partial charge is 0.231 e. The average molecular weight is 410 g/mol. The number of rotatable bonds is 4. The number of ketones is 1. The van der Waals surface area contributed by atoms with Crippen molar-refractivity contribution in [2.75, 3.05) is 0 Å². The van der Waals surface area contributed by atoms with Crippen LogP contribution >= 0.6 is 0 Å².